The minimum Gasteiger partial charge on any atom is -0.479 e. The molecular formula is C19H27NO4. The first-order valence-electron chi connectivity index (χ1n) is 8.90. The minimum atomic E-state index is -0.996. The van der Waals surface area contributed by atoms with Gasteiger partial charge in [0.25, 0.3) is 5.91 Å². The topological polar surface area (TPSA) is 66.8 Å². The number of nitrogens with zero attached hydrogens (tertiary/aromatic N) is 1. The van der Waals surface area contributed by atoms with E-state index in [0.29, 0.717) is 18.0 Å². The highest BCUT2D eigenvalue weighted by Crippen LogP contribution is 2.35. The third-order valence-electron chi connectivity index (χ3n) is 4.40. The van der Waals surface area contributed by atoms with Gasteiger partial charge in [0, 0.05) is 6.54 Å². The zero-order valence-electron chi connectivity index (χ0n) is 14.6. The first-order chi connectivity index (χ1) is 11.5. The number of anilines is 1. The lowest BCUT2D eigenvalue weighted by Crippen LogP contribution is -2.44. The van der Waals surface area contributed by atoms with Crippen LogP contribution in [0.2, 0.25) is 0 Å². The van der Waals surface area contributed by atoms with Gasteiger partial charge in [0.1, 0.15) is 5.75 Å². The van der Waals surface area contributed by atoms with Gasteiger partial charge in [0.15, 0.2) is 6.10 Å². The molecule has 1 aromatic carbocycles. The van der Waals surface area contributed by atoms with E-state index in [1.165, 1.54) is 44.2 Å². The summed E-state index contributed by atoms with van der Waals surface area (Å²) in [5.41, 5.74) is 0.847. The van der Waals surface area contributed by atoms with Gasteiger partial charge in [-0.15, -0.1) is 0 Å². The van der Waals surface area contributed by atoms with Crippen molar-refractivity contribution in [3.63, 3.8) is 0 Å². The Morgan fingerprint density at radius 2 is 1.83 bits per heavy atom. The number of unbranched alkanes of at least 4 members (excludes halogenated alkanes) is 6. The van der Waals surface area contributed by atoms with Crippen LogP contribution >= 0.6 is 0 Å². The number of carboxylic acid groups (broad SMARTS) is 1. The van der Waals surface area contributed by atoms with E-state index >= 15 is 0 Å². The lowest BCUT2D eigenvalue weighted by Gasteiger charge is -2.33. The third kappa shape index (κ3) is 4.49. The van der Waals surface area contributed by atoms with E-state index in [0.717, 1.165) is 12.8 Å². The Balaban J connectivity index is 1.97. The number of carbonyl (C=O) groups is 2. The van der Waals surface area contributed by atoms with Crippen molar-refractivity contribution in [3.05, 3.63) is 23.8 Å². The zero-order chi connectivity index (χ0) is 17.5. The van der Waals surface area contributed by atoms with Crippen molar-refractivity contribution in [2.45, 2.75) is 64.9 Å². The number of ether oxygens (including phenoxy) is 1. The van der Waals surface area contributed by atoms with Crippen molar-refractivity contribution in [2.24, 2.45) is 0 Å². The molecule has 0 spiro atoms. The molecule has 1 heterocycles. The minimum absolute atomic E-state index is 0.0587. The molecule has 1 N–H and O–H groups in total. The summed E-state index contributed by atoms with van der Waals surface area (Å²) in [5.74, 6) is -0.578. The molecule has 132 valence electrons. The van der Waals surface area contributed by atoms with Gasteiger partial charge in [-0.1, -0.05) is 45.4 Å². The summed E-state index contributed by atoms with van der Waals surface area (Å²) in [6, 6.07) is 4.69. The Labute approximate surface area is 143 Å². The molecule has 1 unspecified atom stereocenters. The highest BCUT2D eigenvalue weighted by atomic mass is 16.5. The van der Waals surface area contributed by atoms with Gasteiger partial charge in [0.05, 0.1) is 11.3 Å². The summed E-state index contributed by atoms with van der Waals surface area (Å²) in [6.07, 6.45) is 7.74. The predicted octanol–water partition coefficient (Wildman–Crippen LogP) is 4.25. The van der Waals surface area contributed by atoms with Crippen molar-refractivity contribution in [1.29, 1.82) is 0 Å². The fraction of sp³-hybridized carbons (Fsp3) is 0.579. The van der Waals surface area contributed by atoms with Gasteiger partial charge in [-0.3, -0.25) is 4.79 Å². The number of fused-ring (bicyclic) bond motifs is 1. The van der Waals surface area contributed by atoms with Crippen molar-refractivity contribution >= 4 is 17.6 Å². The van der Waals surface area contributed by atoms with Gasteiger partial charge < -0.3 is 14.7 Å². The summed E-state index contributed by atoms with van der Waals surface area (Å²) in [5, 5.41) is 9.10. The molecule has 1 aliphatic rings. The second-order valence-corrected chi connectivity index (χ2v) is 6.36. The molecule has 1 aromatic rings. The van der Waals surface area contributed by atoms with E-state index in [9.17, 15) is 9.59 Å². The fourth-order valence-corrected chi connectivity index (χ4v) is 3.00. The van der Waals surface area contributed by atoms with Gasteiger partial charge in [-0.25, -0.2) is 4.79 Å². The maximum absolute atomic E-state index is 12.4. The Bertz CT molecular complexity index is 585. The summed E-state index contributed by atoms with van der Waals surface area (Å²) in [4.78, 5) is 25.2. The van der Waals surface area contributed by atoms with Crippen LogP contribution in [0.4, 0.5) is 5.69 Å². The summed E-state index contributed by atoms with van der Waals surface area (Å²) < 4.78 is 5.58. The molecule has 0 bridgehead atoms. The van der Waals surface area contributed by atoms with Crippen molar-refractivity contribution in [2.75, 3.05) is 11.4 Å². The summed E-state index contributed by atoms with van der Waals surface area (Å²) in [6.45, 7) is 4.56. The predicted molar refractivity (Wildman–Crippen MR) is 93.8 cm³/mol. The first kappa shape index (κ1) is 18.3. The normalized spacial score (nSPS) is 16.7. The van der Waals surface area contributed by atoms with Crippen LogP contribution < -0.4 is 9.64 Å². The number of hydrogen-bond donors (Lipinski definition) is 1. The summed E-state index contributed by atoms with van der Waals surface area (Å²) in [7, 11) is 0. The highest BCUT2D eigenvalue weighted by Gasteiger charge is 2.31. The van der Waals surface area contributed by atoms with Gasteiger partial charge in [0.2, 0.25) is 0 Å². The molecule has 0 radical (unpaired) electrons. The molecule has 24 heavy (non-hydrogen) atoms. The Morgan fingerprint density at radius 1 is 1.17 bits per heavy atom. The Morgan fingerprint density at radius 3 is 2.50 bits per heavy atom. The number of amides is 1. The van der Waals surface area contributed by atoms with Crippen LogP contribution in [0.3, 0.4) is 0 Å². The second kappa shape index (κ2) is 8.71. The number of carbonyl (C=O) groups excluding carboxylic acids is 1. The van der Waals surface area contributed by atoms with E-state index in [1.807, 2.05) is 0 Å². The lowest BCUT2D eigenvalue weighted by atomic mass is 10.1. The molecule has 0 saturated heterocycles. The molecule has 1 atom stereocenters. The number of hydrogen-bond acceptors (Lipinski definition) is 3. The smallest absolute Gasteiger partial charge is 0.335 e. The zero-order valence-corrected chi connectivity index (χ0v) is 14.6. The van der Waals surface area contributed by atoms with Crippen LogP contribution in [0.1, 0.15) is 69.2 Å². The molecule has 5 nitrogen and oxygen atoms in total. The highest BCUT2D eigenvalue weighted by molar-refractivity contribution is 6.00. The average molecular weight is 333 g/mol. The number of aromatic carboxylic acids is 1. The monoisotopic (exact) mass is 333 g/mol. The molecule has 0 fully saturated rings. The first-order valence-corrected chi connectivity index (χ1v) is 8.90. The van der Waals surface area contributed by atoms with E-state index in [2.05, 4.69) is 6.92 Å². The quantitative estimate of drug-likeness (QED) is 0.686. The van der Waals surface area contributed by atoms with Crippen molar-refractivity contribution < 1.29 is 19.4 Å². The number of carboxylic acids is 1. The van der Waals surface area contributed by atoms with Crippen LogP contribution in [0.25, 0.3) is 0 Å². The van der Waals surface area contributed by atoms with Gasteiger partial charge in [-0.05, 0) is 31.5 Å². The molecule has 1 aliphatic heterocycles. The maximum Gasteiger partial charge on any atom is 0.335 e. The molecule has 2 rings (SSSR count). The summed E-state index contributed by atoms with van der Waals surface area (Å²) >= 11 is 0. The maximum atomic E-state index is 12.4. The van der Waals surface area contributed by atoms with Gasteiger partial charge >= 0.3 is 5.97 Å². The van der Waals surface area contributed by atoms with E-state index in [-0.39, 0.29) is 11.5 Å². The van der Waals surface area contributed by atoms with Gasteiger partial charge in [-0.2, -0.15) is 0 Å². The largest absolute Gasteiger partial charge is 0.479 e. The Kier molecular flexibility index (Phi) is 6.64. The SMILES string of the molecule is CCCCCCCCCN1C(=O)C(C)Oc2cc(C(=O)O)ccc21. The fourth-order valence-electron chi connectivity index (χ4n) is 3.00. The number of benzene rings is 1. The lowest BCUT2D eigenvalue weighted by molar-refractivity contribution is -0.125. The molecule has 5 heteroatoms. The van der Waals surface area contributed by atoms with E-state index in [4.69, 9.17) is 9.84 Å². The molecule has 0 aromatic heterocycles. The van der Waals surface area contributed by atoms with Crippen LogP contribution in [0.5, 0.6) is 5.75 Å². The van der Waals surface area contributed by atoms with Crippen LogP contribution in [0, 0.1) is 0 Å². The van der Waals surface area contributed by atoms with Crippen molar-refractivity contribution in [3.8, 4) is 5.75 Å². The molecule has 0 aliphatic carbocycles. The molecule has 0 saturated carbocycles. The standard InChI is InChI=1S/C19H27NO4/c1-3-4-5-6-7-8-9-12-20-16-11-10-15(19(22)23)13-17(16)24-14(2)18(20)21/h10-11,13-14H,3-9,12H2,1-2H3,(H,22,23). The third-order valence-corrected chi connectivity index (χ3v) is 4.40. The molecular weight excluding hydrogens is 306 g/mol. The number of rotatable bonds is 9. The van der Waals surface area contributed by atoms with E-state index in [1.54, 1.807) is 17.9 Å². The second-order valence-electron chi connectivity index (χ2n) is 6.36. The van der Waals surface area contributed by atoms with E-state index < -0.39 is 12.1 Å². The van der Waals surface area contributed by atoms with Crippen LogP contribution in [-0.2, 0) is 4.79 Å². The Hall–Kier alpha value is -2.04. The van der Waals surface area contributed by atoms with Crippen LogP contribution in [-0.4, -0.2) is 29.6 Å². The van der Waals surface area contributed by atoms with Crippen molar-refractivity contribution in [1.82, 2.24) is 0 Å². The van der Waals surface area contributed by atoms with Crippen LogP contribution in [0.15, 0.2) is 18.2 Å². The molecule has 1 amide bonds. The average Bonchev–Trinajstić information content (AvgIpc) is 2.56.